The molecule has 0 saturated heterocycles. The Morgan fingerprint density at radius 1 is 1.11 bits per heavy atom. The third kappa shape index (κ3) is 4.78. The number of nitrogens with zero attached hydrogens (tertiary/aromatic N) is 2. The molecular weight excluding hydrogens is 363 g/mol. The second kappa shape index (κ2) is 7.40. The van der Waals surface area contributed by atoms with E-state index in [-0.39, 0.29) is 17.2 Å². The van der Waals surface area contributed by atoms with Crippen LogP contribution in [0.25, 0.3) is 5.69 Å². The van der Waals surface area contributed by atoms with Crippen molar-refractivity contribution in [2.75, 3.05) is 11.9 Å². The number of ether oxygens (including phenoxy) is 1. The van der Waals surface area contributed by atoms with Gasteiger partial charge in [0.2, 0.25) is 0 Å². The van der Waals surface area contributed by atoms with Crippen LogP contribution in [0.15, 0.2) is 60.8 Å². The number of carbonyl (C=O) groups is 1. The average Bonchev–Trinajstić information content (AvgIpc) is 3.03. The molecule has 0 unspecified atom stereocenters. The van der Waals surface area contributed by atoms with Gasteiger partial charge in [-0.2, -0.15) is 18.3 Å². The van der Waals surface area contributed by atoms with Gasteiger partial charge in [-0.1, -0.05) is 18.2 Å². The van der Waals surface area contributed by atoms with E-state index in [1.807, 2.05) is 6.07 Å². The second-order valence-corrected chi connectivity index (χ2v) is 5.53. The fourth-order valence-corrected chi connectivity index (χ4v) is 2.23. The molecule has 0 aliphatic carbocycles. The summed E-state index contributed by atoms with van der Waals surface area (Å²) in [5.74, 6) is -0.950. The zero-order chi connectivity index (χ0) is 19.4. The first kappa shape index (κ1) is 18.3. The molecule has 0 radical (unpaired) electrons. The van der Waals surface area contributed by atoms with E-state index in [1.165, 1.54) is 35.1 Å². The highest BCUT2D eigenvalue weighted by Gasteiger charge is 2.28. The van der Waals surface area contributed by atoms with Crippen LogP contribution in [0.2, 0.25) is 0 Å². The minimum absolute atomic E-state index is 0.0153. The highest BCUT2D eigenvalue weighted by molar-refractivity contribution is 6.04. The van der Waals surface area contributed by atoms with Crippen LogP contribution in [0.4, 0.5) is 18.9 Å². The molecule has 2 aromatic carbocycles. The zero-order valence-corrected chi connectivity index (χ0v) is 13.8. The van der Waals surface area contributed by atoms with Gasteiger partial charge in [0.05, 0.1) is 11.9 Å². The van der Waals surface area contributed by atoms with Gasteiger partial charge in [-0.25, -0.2) is 4.68 Å². The molecule has 140 valence electrons. The number of anilines is 1. The molecule has 0 spiro atoms. The summed E-state index contributed by atoms with van der Waals surface area (Å²) >= 11 is 0. The van der Waals surface area contributed by atoms with Gasteiger partial charge >= 0.3 is 6.18 Å². The predicted molar refractivity (Wildman–Crippen MR) is 91.2 cm³/mol. The van der Waals surface area contributed by atoms with Crippen LogP contribution in [0.5, 0.6) is 11.5 Å². The van der Waals surface area contributed by atoms with Gasteiger partial charge in [-0.3, -0.25) is 4.79 Å². The Bertz CT molecular complexity index is 923. The molecule has 0 bridgehead atoms. The Labute approximate surface area is 151 Å². The molecule has 0 aliphatic heterocycles. The fraction of sp³-hybridized carbons (Fsp3) is 0.111. The summed E-state index contributed by atoms with van der Waals surface area (Å²) < 4.78 is 42.3. The maximum atomic E-state index is 12.3. The molecular formula is C18H14F3N3O3. The maximum Gasteiger partial charge on any atom is 0.422 e. The first-order valence-corrected chi connectivity index (χ1v) is 7.77. The number of aromatic hydroxyl groups is 1. The quantitative estimate of drug-likeness (QED) is 0.710. The molecule has 9 heteroatoms. The van der Waals surface area contributed by atoms with Crippen molar-refractivity contribution < 1.29 is 27.8 Å². The molecule has 2 N–H and O–H groups in total. The van der Waals surface area contributed by atoms with E-state index in [0.717, 1.165) is 0 Å². The third-order valence-electron chi connectivity index (χ3n) is 3.45. The highest BCUT2D eigenvalue weighted by atomic mass is 19.4. The van der Waals surface area contributed by atoms with Crippen molar-refractivity contribution in [1.29, 1.82) is 0 Å². The molecule has 0 aliphatic rings. The lowest BCUT2D eigenvalue weighted by atomic mass is 10.3. The van der Waals surface area contributed by atoms with E-state index in [9.17, 15) is 23.1 Å². The van der Waals surface area contributed by atoms with Crippen LogP contribution in [0, 0.1) is 0 Å². The van der Waals surface area contributed by atoms with Gasteiger partial charge in [0.25, 0.3) is 5.91 Å². The number of halogens is 3. The molecule has 3 aromatic rings. The predicted octanol–water partition coefficient (Wildman–Crippen LogP) is 3.77. The van der Waals surface area contributed by atoms with Gasteiger partial charge < -0.3 is 15.2 Å². The molecule has 6 nitrogen and oxygen atoms in total. The zero-order valence-electron chi connectivity index (χ0n) is 13.8. The standard InChI is InChI=1S/C18H14F3N3O3/c19-18(20,21)11-27-14-8-6-12(7-9-14)22-17(26)16-15(25)10-24(23-16)13-4-2-1-3-5-13/h1-10,25H,11H2,(H,22,26). The molecule has 1 amide bonds. The molecule has 3 rings (SSSR count). The summed E-state index contributed by atoms with van der Waals surface area (Å²) in [5.41, 5.74) is 0.794. The Morgan fingerprint density at radius 2 is 1.78 bits per heavy atom. The van der Waals surface area contributed by atoms with Crippen LogP contribution in [-0.4, -0.2) is 33.6 Å². The molecule has 1 aromatic heterocycles. The number of alkyl halides is 3. The van der Waals surface area contributed by atoms with Crippen molar-refractivity contribution in [3.8, 4) is 17.2 Å². The summed E-state index contributed by atoms with van der Waals surface area (Å²) in [7, 11) is 0. The van der Waals surface area contributed by atoms with E-state index in [0.29, 0.717) is 11.4 Å². The Kier molecular flexibility index (Phi) is 5.02. The Hall–Kier alpha value is -3.49. The molecule has 1 heterocycles. The largest absolute Gasteiger partial charge is 0.504 e. The van der Waals surface area contributed by atoms with Crippen molar-refractivity contribution in [2.24, 2.45) is 0 Å². The smallest absolute Gasteiger partial charge is 0.422 e. The summed E-state index contributed by atoms with van der Waals surface area (Å²) in [6.45, 7) is -1.40. The summed E-state index contributed by atoms with van der Waals surface area (Å²) in [6.07, 6.45) is -3.12. The first-order valence-electron chi connectivity index (χ1n) is 7.77. The Balaban J connectivity index is 1.68. The molecule has 0 fully saturated rings. The highest BCUT2D eigenvalue weighted by Crippen LogP contribution is 2.22. The topological polar surface area (TPSA) is 76.4 Å². The van der Waals surface area contributed by atoms with Crippen molar-refractivity contribution in [1.82, 2.24) is 9.78 Å². The van der Waals surface area contributed by atoms with Crippen LogP contribution in [0.3, 0.4) is 0 Å². The number of benzene rings is 2. The number of aromatic nitrogens is 2. The Morgan fingerprint density at radius 3 is 2.41 bits per heavy atom. The summed E-state index contributed by atoms with van der Waals surface area (Å²) in [4.78, 5) is 12.3. The average molecular weight is 377 g/mol. The molecule has 0 saturated carbocycles. The van der Waals surface area contributed by atoms with E-state index in [2.05, 4.69) is 15.2 Å². The second-order valence-electron chi connectivity index (χ2n) is 5.53. The number of nitrogens with one attached hydrogen (secondary N) is 1. The lowest BCUT2D eigenvalue weighted by molar-refractivity contribution is -0.153. The summed E-state index contributed by atoms with van der Waals surface area (Å²) in [5, 5.41) is 16.5. The normalized spacial score (nSPS) is 11.2. The molecule has 0 atom stereocenters. The van der Waals surface area contributed by atoms with Crippen LogP contribution in [-0.2, 0) is 0 Å². The van der Waals surface area contributed by atoms with Crippen LogP contribution >= 0.6 is 0 Å². The number of hydrogen-bond donors (Lipinski definition) is 2. The van der Waals surface area contributed by atoms with E-state index < -0.39 is 18.7 Å². The number of rotatable bonds is 5. The summed E-state index contributed by atoms with van der Waals surface area (Å²) in [6, 6.07) is 14.3. The number of para-hydroxylation sites is 1. The fourth-order valence-electron chi connectivity index (χ4n) is 2.23. The van der Waals surface area contributed by atoms with Crippen molar-refractivity contribution in [3.05, 3.63) is 66.5 Å². The van der Waals surface area contributed by atoms with Gasteiger partial charge in [0, 0.05) is 5.69 Å². The lowest BCUT2D eigenvalue weighted by Crippen LogP contribution is -2.19. The minimum atomic E-state index is -4.43. The van der Waals surface area contributed by atoms with Gasteiger partial charge in [-0.05, 0) is 36.4 Å². The monoisotopic (exact) mass is 377 g/mol. The van der Waals surface area contributed by atoms with Crippen molar-refractivity contribution in [2.45, 2.75) is 6.18 Å². The SMILES string of the molecule is O=C(Nc1ccc(OCC(F)(F)F)cc1)c1nn(-c2ccccc2)cc1O. The van der Waals surface area contributed by atoms with Crippen molar-refractivity contribution >= 4 is 11.6 Å². The van der Waals surface area contributed by atoms with E-state index >= 15 is 0 Å². The van der Waals surface area contributed by atoms with Crippen LogP contribution in [0.1, 0.15) is 10.5 Å². The van der Waals surface area contributed by atoms with Crippen molar-refractivity contribution in [3.63, 3.8) is 0 Å². The van der Waals surface area contributed by atoms with Gasteiger partial charge in [0.15, 0.2) is 18.1 Å². The number of carbonyl (C=O) groups excluding carboxylic acids is 1. The van der Waals surface area contributed by atoms with Gasteiger partial charge in [0.1, 0.15) is 5.75 Å². The first-order chi connectivity index (χ1) is 12.8. The van der Waals surface area contributed by atoms with E-state index in [4.69, 9.17) is 0 Å². The van der Waals surface area contributed by atoms with E-state index in [1.54, 1.807) is 24.3 Å². The van der Waals surface area contributed by atoms with Gasteiger partial charge in [-0.15, -0.1) is 0 Å². The number of amides is 1. The number of hydrogen-bond acceptors (Lipinski definition) is 4. The minimum Gasteiger partial charge on any atom is -0.504 e. The molecule has 27 heavy (non-hydrogen) atoms. The van der Waals surface area contributed by atoms with Crippen LogP contribution < -0.4 is 10.1 Å². The third-order valence-corrected chi connectivity index (χ3v) is 3.45. The lowest BCUT2D eigenvalue weighted by Gasteiger charge is -2.09. The maximum absolute atomic E-state index is 12.3.